The zero-order valence-corrected chi connectivity index (χ0v) is 10.4. The first-order chi connectivity index (χ1) is 8.66. The van der Waals surface area contributed by atoms with E-state index in [1.807, 2.05) is 0 Å². The monoisotopic (exact) mass is 272 g/mol. The predicted molar refractivity (Wildman–Crippen MR) is 64.4 cm³/mol. The van der Waals surface area contributed by atoms with Gasteiger partial charge < -0.3 is 14.6 Å². The molecule has 1 atom stereocenters. The molecule has 0 saturated carbocycles. The lowest BCUT2D eigenvalue weighted by molar-refractivity contribution is -0.130. The summed E-state index contributed by atoms with van der Waals surface area (Å²) in [5.41, 5.74) is 0.0896. The molecular formula is C12H13FO4S. The highest BCUT2D eigenvalue weighted by Gasteiger charge is 2.16. The van der Waals surface area contributed by atoms with Gasteiger partial charge in [-0.05, 0) is 24.6 Å². The quantitative estimate of drug-likeness (QED) is 0.853. The van der Waals surface area contributed by atoms with Crippen LogP contribution in [-0.4, -0.2) is 36.3 Å². The molecule has 4 nitrogen and oxygen atoms in total. The lowest BCUT2D eigenvalue weighted by Gasteiger charge is -2.22. The molecule has 1 fully saturated rings. The highest BCUT2D eigenvalue weighted by atomic mass is 32.2. The number of hydrogen-bond acceptors (Lipinski definition) is 4. The van der Waals surface area contributed by atoms with Crippen LogP contribution in [-0.2, 0) is 9.47 Å². The van der Waals surface area contributed by atoms with Gasteiger partial charge in [-0.3, -0.25) is 0 Å². The summed E-state index contributed by atoms with van der Waals surface area (Å²) >= 11 is 1.27. The number of rotatable bonds is 4. The number of ether oxygens (including phenoxy) is 2. The molecule has 0 aromatic heterocycles. The second kappa shape index (κ2) is 6.17. The Hall–Kier alpha value is -1.11. The Morgan fingerprint density at radius 3 is 3.06 bits per heavy atom. The van der Waals surface area contributed by atoms with Gasteiger partial charge in [0.1, 0.15) is 12.6 Å². The molecule has 1 saturated heterocycles. The molecule has 18 heavy (non-hydrogen) atoms. The minimum absolute atomic E-state index is 0.0247. The van der Waals surface area contributed by atoms with Crippen molar-refractivity contribution < 1.29 is 23.8 Å². The topological polar surface area (TPSA) is 55.8 Å². The van der Waals surface area contributed by atoms with Gasteiger partial charge in [-0.15, -0.1) is 11.8 Å². The molecule has 1 N–H and O–H groups in total. The molecule has 1 heterocycles. The standard InChI is InChI=1S/C12H13FO4S/c13-10-2-1-8(12(14)15)5-11(10)18-6-9-3-4-16-7-17-9/h1-2,5,9H,3-4,6-7H2,(H,14,15). The average molecular weight is 272 g/mol. The number of carboxylic acids is 1. The van der Waals surface area contributed by atoms with Crippen molar-refractivity contribution in [2.24, 2.45) is 0 Å². The summed E-state index contributed by atoms with van der Waals surface area (Å²) in [4.78, 5) is 11.1. The third-order valence-electron chi connectivity index (χ3n) is 2.57. The fourth-order valence-electron chi connectivity index (χ4n) is 1.56. The lowest BCUT2D eigenvalue weighted by Crippen LogP contribution is -2.25. The van der Waals surface area contributed by atoms with E-state index in [-0.39, 0.29) is 18.5 Å². The summed E-state index contributed by atoms with van der Waals surface area (Å²) in [6, 6.07) is 3.78. The predicted octanol–water partition coefficient (Wildman–Crippen LogP) is 2.38. The number of carbonyl (C=O) groups is 1. The van der Waals surface area contributed by atoms with Gasteiger partial charge in [-0.1, -0.05) is 0 Å². The lowest BCUT2D eigenvalue weighted by atomic mass is 10.2. The van der Waals surface area contributed by atoms with Gasteiger partial charge in [0.05, 0.1) is 18.3 Å². The highest BCUT2D eigenvalue weighted by Crippen LogP contribution is 2.25. The van der Waals surface area contributed by atoms with Gasteiger partial charge in [0.2, 0.25) is 0 Å². The van der Waals surface area contributed by atoms with E-state index in [1.165, 1.54) is 30.0 Å². The minimum atomic E-state index is -1.06. The Kier molecular flexibility index (Phi) is 4.57. The minimum Gasteiger partial charge on any atom is -0.478 e. The van der Waals surface area contributed by atoms with Crippen molar-refractivity contribution in [1.82, 2.24) is 0 Å². The number of carboxylic acid groups (broad SMARTS) is 1. The molecule has 0 aliphatic carbocycles. The van der Waals surface area contributed by atoms with Crippen LogP contribution < -0.4 is 0 Å². The van der Waals surface area contributed by atoms with Crippen molar-refractivity contribution in [2.75, 3.05) is 19.2 Å². The maximum Gasteiger partial charge on any atom is 0.335 e. The SMILES string of the molecule is O=C(O)c1ccc(F)c(SCC2CCOCO2)c1. The van der Waals surface area contributed by atoms with E-state index in [9.17, 15) is 9.18 Å². The van der Waals surface area contributed by atoms with E-state index >= 15 is 0 Å². The molecule has 0 bridgehead atoms. The Morgan fingerprint density at radius 1 is 1.56 bits per heavy atom. The first kappa shape index (κ1) is 13.3. The Balaban J connectivity index is 1.99. The first-order valence-corrected chi connectivity index (χ1v) is 6.50. The fraction of sp³-hybridized carbons (Fsp3) is 0.417. The molecule has 1 unspecified atom stereocenters. The van der Waals surface area contributed by atoms with E-state index in [0.29, 0.717) is 17.3 Å². The summed E-state index contributed by atoms with van der Waals surface area (Å²) in [7, 11) is 0. The van der Waals surface area contributed by atoms with Crippen molar-refractivity contribution in [3.05, 3.63) is 29.6 Å². The Bertz CT molecular complexity index is 432. The van der Waals surface area contributed by atoms with Crippen LogP contribution in [0.1, 0.15) is 16.8 Å². The average Bonchev–Trinajstić information content (AvgIpc) is 2.38. The van der Waals surface area contributed by atoms with Gasteiger partial charge in [0.25, 0.3) is 0 Å². The number of benzene rings is 1. The summed E-state index contributed by atoms with van der Waals surface area (Å²) in [6.45, 7) is 0.908. The second-order valence-electron chi connectivity index (χ2n) is 3.86. The molecule has 6 heteroatoms. The van der Waals surface area contributed by atoms with Crippen LogP contribution in [0.3, 0.4) is 0 Å². The summed E-state index contributed by atoms with van der Waals surface area (Å²) < 4.78 is 23.9. The van der Waals surface area contributed by atoms with Crippen LogP contribution in [0.2, 0.25) is 0 Å². The maximum atomic E-state index is 13.5. The zero-order chi connectivity index (χ0) is 13.0. The fourth-order valence-corrected chi connectivity index (χ4v) is 2.61. The molecule has 1 aliphatic heterocycles. The van der Waals surface area contributed by atoms with Gasteiger partial charge >= 0.3 is 5.97 Å². The van der Waals surface area contributed by atoms with Crippen LogP contribution >= 0.6 is 11.8 Å². The third kappa shape index (κ3) is 3.44. The zero-order valence-electron chi connectivity index (χ0n) is 9.60. The van der Waals surface area contributed by atoms with E-state index in [0.717, 1.165) is 6.42 Å². The smallest absolute Gasteiger partial charge is 0.335 e. The molecule has 1 aromatic carbocycles. The van der Waals surface area contributed by atoms with Crippen molar-refractivity contribution >= 4 is 17.7 Å². The Labute approximate surface area is 108 Å². The largest absolute Gasteiger partial charge is 0.478 e. The van der Waals surface area contributed by atoms with Crippen LogP contribution in [0.25, 0.3) is 0 Å². The highest BCUT2D eigenvalue weighted by molar-refractivity contribution is 7.99. The van der Waals surface area contributed by atoms with Crippen LogP contribution in [0.15, 0.2) is 23.1 Å². The number of thioether (sulfide) groups is 1. The number of hydrogen-bond donors (Lipinski definition) is 1. The van der Waals surface area contributed by atoms with Gasteiger partial charge in [-0.2, -0.15) is 0 Å². The van der Waals surface area contributed by atoms with Gasteiger partial charge in [-0.25, -0.2) is 9.18 Å². The van der Waals surface area contributed by atoms with Gasteiger partial charge in [0, 0.05) is 10.6 Å². The van der Waals surface area contributed by atoms with Gasteiger partial charge in [0.15, 0.2) is 0 Å². The van der Waals surface area contributed by atoms with Crippen molar-refractivity contribution in [3.63, 3.8) is 0 Å². The van der Waals surface area contributed by atoms with E-state index in [1.54, 1.807) is 0 Å². The molecule has 0 spiro atoms. The summed E-state index contributed by atoms with van der Waals surface area (Å²) in [5.74, 6) is -0.875. The molecule has 0 amide bonds. The van der Waals surface area contributed by atoms with Crippen LogP contribution in [0.5, 0.6) is 0 Å². The second-order valence-corrected chi connectivity index (χ2v) is 4.93. The molecule has 0 radical (unpaired) electrons. The maximum absolute atomic E-state index is 13.5. The molecule has 2 rings (SSSR count). The van der Waals surface area contributed by atoms with E-state index in [2.05, 4.69) is 0 Å². The molecule has 1 aliphatic rings. The van der Waals surface area contributed by atoms with Crippen molar-refractivity contribution in [2.45, 2.75) is 17.4 Å². The number of halogens is 1. The summed E-state index contributed by atoms with van der Waals surface area (Å²) in [6.07, 6.45) is 0.796. The van der Waals surface area contributed by atoms with E-state index < -0.39 is 11.8 Å². The normalized spacial score (nSPS) is 19.7. The summed E-state index contributed by atoms with van der Waals surface area (Å²) in [5, 5.41) is 8.84. The molecular weight excluding hydrogens is 259 g/mol. The van der Waals surface area contributed by atoms with Crippen molar-refractivity contribution in [1.29, 1.82) is 0 Å². The van der Waals surface area contributed by atoms with E-state index in [4.69, 9.17) is 14.6 Å². The molecule has 1 aromatic rings. The molecule has 98 valence electrons. The van der Waals surface area contributed by atoms with Crippen molar-refractivity contribution in [3.8, 4) is 0 Å². The van der Waals surface area contributed by atoms with Crippen LogP contribution in [0.4, 0.5) is 4.39 Å². The Morgan fingerprint density at radius 2 is 2.39 bits per heavy atom. The van der Waals surface area contributed by atoms with Crippen LogP contribution in [0, 0.1) is 5.82 Å². The first-order valence-electron chi connectivity index (χ1n) is 5.52. The third-order valence-corrected chi connectivity index (χ3v) is 3.74. The number of aromatic carboxylic acids is 1.